The molecule has 1 aromatic heterocycles. The van der Waals surface area contributed by atoms with Crippen LogP contribution in [0.1, 0.15) is 35.3 Å². The summed E-state index contributed by atoms with van der Waals surface area (Å²) in [5.74, 6) is -2.01. The van der Waals surface area contributed by atoms with Gasteiger partial charge in [-0.15, -0.1) is 0 Å². The van der Waals surface area contributed by atoms with E-state index in [0.717, 1.165) is 22.0 Å². The third kappa shape index (κ3) is 6.51. The molecule has 3 atom stereocenters. The monoisotopic (exact) mass is 655 g/mol. The van der Waals surface area contributed by atoms with Gasteiger partial charge in [-0.05, 0) is 48.4 Å². The third-order valence-electron chi connectivity index (χ3n) is 7.92. The molecule has 2 unspecified atom stereocenters. The highest BCUT2D eigenvalue weighted by atomic mass is 35.5. The van der Waals surface area contributed by atoms with Crippen molar-refractivity contribution in [3.05, 3.63) is 136 Å². The SMILES string of the molecule is CCOC(=O)[C@H](Cc1c[nH]c2ccccc12)NC(=O)C1OC(c2ccccc2Cl)c2cc(Cl)ccc2N(Cc2ccccc2)C1=O. The summed E-state index contributed by atoms with van der Waals surface area (Å²) >= 11 is 13.1. The Morgan fingerprint density at radius 3 is 2.48 bits per heavy atom. The molecule has 0 bridgehead atoms. The first-order valence-electron chi connectivity index (χ1n) is 14.9. The van der Waals surface area contributed by atoms with Crippen LogP contribution in [0.2, 0.25) is 10.0 Å². The molecule has 10 heteroatoms. The molecule has 2 N–H and O–H groups in total. The van der Waals surface area contributed by atoms with Crippen LogP contribution < -0.4 is 10.2 Å². The number of para-hydroxylation sites is 1. The Hall–Kier alpha value is -4.63. The zero-order valence-electron chi connectivity index (χ0n) is 24.9. The van der Waals surface area contributed by atoms with Gasteiger partial charge in [-0.1, -0.05) is 89.9 Å². The van der Waals surface area contributed by atoms with Crippen LogP contribution in [0, 0.1) is 0 Å². The summed E-state index contributed by atoms with van der Waals surface area (Å²) in [5.41, 5.74) is 4.20. The maximum Gasteiger partial charge on any atom is 0.328 e. The van der Waals surface area contributed by atoms with Crippen molar-refractivity contribution >= 4 is 57.6 Å². The van der Waals surface area contributed by atoms with Crippen LogP contribution in [0.15, 0.2) is 103 Å². The van der Waals surface area contributed by atoms with Gasteiger partial charge in [0, 0.05) is 44.7 Å². The number of nitrogens with zero attached hydrogens (tertiary/aromatic N) is 1. The number of anilines is 1. The summed E-state index contributed by atoms with van der Waals surface area (Å²) in [7, 11) is 0. The Bertz CT molecular complexity index is 1890. The van der Waals surface area contributed by atoms with Crippen molar-refractivity contribution < 1.29 is 23.9 Å². The van der Waals surface area contributed by atoms with Crippen LogP contribution in [0.4, 0.5) is 5.69 Å². The van der Waals surface area contributed by atoms with E-state index in [2.05, 4.69) is 10.3 Å². The summed E-state index contributed by atoms with van der Waals surface area (Å²) in [6, 6.07) is 28.2. The van der Waals surface area contributed by atoms with Crippen LogP contribution >= 0.6 is 23.2 Å². The Balaban J connectivity index is 1.40. The van der Waals surface area contributed by atoms with Crippen LogP contribution in [0.25, 0.3) is 10.9 Å². The number of carbonyl (C=O) groups is 3. The average Bonchev–Trinajstić information content (AvgIpc) is 3.42. The van der Waals surface area contributed by atoms with E-state index in [1.807, 2.05) is 54.6 Å². The van der Waals surface area contributed by atoms with Gasteiger partial charge < -0.3 is 24.7 Å². The van der Waals surface area contributed by atoms with E-state index < -0.39 is 36.0 Å². The number of amides is 2. The number of nitrogens with one attached hydrogen (secondary N) is 2. The predicted octanol–water partition coefficient (Wildman–Crippen LogP) is 6.79. The van der Waals surface area contributed by atoms with E-state index in [1.165, 1.54) is 4.90 Å². The third-order valence-corrected chi connectivity index (χ3v) is 8.50. The number of halogens is 2. The van der Waals surface area contributed by atoms with Crippen LogP contribution in [0.3, 0.4) is 0 Å². The van der Waals surface area contributed by atoms with Crippen molar-refractivity contribution in [2.45, 2.75) is 38.1 Å². The van der Waals surface area contributed by atoms with E-state index in [4.69, 9.17) is 32.7 Å². The summed E-state index contributed by atoms with van der Waals surface area (Å²) in [6.07, 6.45) is -0.646. The van der Waals surface area contributed by atoms with E-state index in [9.17, 15) is 14.4 Å². The van der Waals surface area contributed by atoms with Gasteiger partial charge in [0.25, 0.3) is 11.8 Å². The lowest BCUT2D eigenvalue weighted by molar-refractivity contribution is -0.152. The molecule has 6 rings (SSSR count). The Morgan fingerprint density at radius 1 is 0.957 bits per heavy atom. The standard InChI is InChI=1S/C36H31Cl2N3O5/c1-2-45-36(44)30(18-23-20-39-29-15-9-7-12-25(23)29)40-34(42)33-35(43)41(21-22-10-4-3-5-11-22)31-17-16-24(37)19-27(31)32(46-33)26-13-6-8-14-28(26)38/h3-17,19-20,30,32-33,39H,2,18,21H2,1H3,(H,40,42)/t30-,32?,33?/m0/s1. The molecule has 46 heavy (non-hydrogen) atoms. The topological polar surface area (TPSA) is 101 Å². The van der Waals surface area contributed by atoms with Crippen molar-refractivity contribution in [2.24, 2.45) is 0 Å². The summed E-state index contributed by atoms with van der Waals surface area (Å²) in [6.45, 7) is 1.97. The first kappa shape index (κ1) is 31.4. The highest BCUT2D eigenvalue weighted by Gasteiger charge is 2.42. The lowest BCUT2D eigenvalue weighted by Crippen LogP contribution is -2.53. The number of H-pyrrole nitrogens is 1. The zero-order valence-corrected chi connectivity index (χ0v) is 26.4. The molecule has 0 saturated heterocycles. The van der Waals surface area contributed by atoms with E-state index in [-0.39, 0.29) is 19.6 Å². The average molecular weight is 657 g/mol. The number of hydrogen-bond acceptors (Lipinski definition) is 5. The van der Waals surface area contributed by atoms with E-state index in [1.54, 1.807) is 55.6 Å². The molecule has 0 aliphatic carbocycles. The minimum Gasteiger partial charge on any atom is -0.464 e. The van der Waals surface area contributed by atoms with Gasteiger partial charge in [-0.2, -0.15) is 0 Å². The summed E-state index contributed by atoms with van der Waals surface area (Å²) in [4.78, 5) is 46.5. The first-order chi connectivity index (χ1) is 22.3. The molecule has 0 radical (unpaired) electrons. The van der Waals surface area contributed by atoms with Gasteiger partial charge in [0.2, 0.25) is 6.10 Å². The molecule has 5 aromatic rings. The number of rotatable bonds is 9. The fourth-order valence-electron chi connectivity index (χ4n) is 5.74. The fourth-order valence-corrected chi connectivity index (χ4v) is 6.16. The molecule has 4 aromatic carbocycles. The fraction of sp³-hybridized carbons (Fsp3) is 0.194. The minimum atomic E-state index is -1.64. The number of ether oxygens (including phenoxy) is 2. The van der Waals surface area contributed by atoms with Crippen LogP contribution in [-0.2, 0) is 36.8 Å². The van der Waals surface area contributed by atoms with Crippen molar-refractivity contribution in [2.75, 3.05) is 11.5 Å². The molecular formula is C36H31Cl2N3O5. The van der Waals surface area contributed by atoms with E-state index in [0.29, 0.717) is 26.9 Å². The Morgan fingerprint density at radius 2 is 1.70 bits per heavy atom. The second-order valence-corrected chi connectivity index (χ2v) is 11.8. The van der Waals surface area contributed by atoms with Crippen molar-refractivity contribution in [3.63, 3.8) is 0 Å². The maximum absolute atomic E-state index is 14.4. The molecule has 2 amide bonds. The normalized spacial score (nSPS) is 16.8. The molecule has 1 aliphatic heterocycles. The zero-order chi connectivity index (χ0) is 32.2. The predicted molar refractivity (Wildman–Crippen MR) is 178 cm³/mol. The van der Waals surface area contributed by atoms with Gasteiger partial charge in [0.05, 0.1) is 18.8 Å². The van der Waals surface area contributed by atoms with Gasteiger partial charge in [0.15, 0.2) is 0 Å². The lowest BCUT2D eigenvalue weighted by atomic mass is 9.99. The molecule has 0 fully saturated rings. The number of carbonyl (C=O) groups excluding carboxylic acids is 3. The number of aromatic nitrogens is 1. The number of fused-ring (bicyclic) bond motifs is 2. The van der Waals surface area contributed by atoms with Crippen molar-refractivity contribution in [1.29, 1.82) is 0 Å². The molecule has 0 saturated carbocycles. The van der Waals surface area contributed by atoms with Crippen LogP contribution in [0.5, 0.6) is 0 Å². The highest BCUT2D eigenvalue weighted by molar-refractivity contribution is 6.31. The molecule has 234 valence electrons. The van der Waals surface area contributed by atoms with Crippen molar-refractivity contribution in [3.8, 4) is 0 Å². The van der Waals surface area contributed by atoms with Gasteiger partial charge in [-0.25, -0.2) is 4.79 Å². The molecule has 8 nitrogen and oxygen atoms in total. The Labute approximate surface area is 276 Å². The number of aromatic amines is 1. The van der Waals surface area contributed by atoms with E-state index >= 15 is 0 Å². The number of esters is 1. The lowest BCUT2D eigenvalue weighted by Gasteiger charge is -2.26. The largest absolute Gasteiger partial charge is 0.464 e. The smallest absolute Gasteiger partial charge is 0.328 e. The number of hydrogen-bond donors (Lipinski definition) is 2. The molecular weight excluding hydrogens is 625 g/mol. The summed E-state index contributed by atoms with van der Waals surface area (Å²) < 4.78 is 11.8. The molecule has 2 heterocycles. The molecule has 1 aliphatic rings. The summed E-state index contributed by atoms with van der Waals surface area (Å²) in [5, 5.41) is 4.51. The minimum absolute atomic E-state index is 0.119. The van der Waals surface area contributed by atoms with Gasteiger partial charge >= 0.3 is 5.97 Å². The Kier molecular flexibility index (Phi) is 9.40. The van der Waals surface area contributed by atoms with Crippen molar-refractivity contribution in [1.82, 2.24) is 10.3 Å². The second-order valence-electron chi connectivity index (χ2n) is 10.9. The second kappa shape index (κ2) is 13.8. The van der Waals surface area contributed by atoms with Gasteiger partial charge in [0.1, 0.15) is 12.1 Å². The van der Waals surface area contributed by atoms with Gasteiger partial charge in [-0.3, -0.25) is 9.59 Å². The quantitative estimate of drug-likeness (QED) is 0.135. The van der Waals surface area contributed by atoms with Crippen LogP contribution in [-0.4, -0.2) is 41.5 Å². The molecule has 0 spiro atoms. The number of benzene rings is 4. The first-order valence-corrected chi connectivity index (χ1v) is 15.7. The maximum atomic E-state index is 14.4. The highest BCUT2D eigenvalue weighted by Crippen LogP contribution is 2.42.